The highest BCUT2D eigenvalue weighted by Crippen LogP contribution is 2.20. The van der Waals surface area contributed by atoms with Crippen molar-refractivity contribution >= 4 is 11.9 Å². The predicted octanol–water partition coefficient (Wildman–Crippen LogP) is 1.37. The second-order valence-electron chi connectivity index (χ2n) is 5.93. The Balaban J connectivity index is 4.24. The summed E-state index contributed by atoms with van der Waals surface area (Å²) in [6, 6.07) is -0.852. The first-order chi connectivity index (χ1) is 8.18. The maximum absolute atomic E-state index is 11.7. The molecule has 0 aliphatic carbocycles. The quantitative estimate of drug-likeness (QED) is 0.643. The lowest BCUT2D eigenvalue weighted by Crippen LogP contribution is -2.49. The molecule has 0 rings (SSSR count). The molecular formula is C13H26N2O3. The number of carboxylic acid groups (broad SMARTS) is 1. The van der Waals surface area contributed by atoms with Crippen LogP contribution in [0.1, 0.15) is 47.0 Å². The van der Waals surface area contributed by atoms with E-state index < -0.39 is 17.4 Å². The van der Waals surface area contributed by atoms with Gasteiger partial charge >= 0.3 is 5.97 Å². The molecule has 2 atom stereocenters. The Kier molecular flexibility index (Phi) is 6.91. The van der Waals surface area contributed by atoms with Gasteiger partial charge in [0.15, 0.2) is 0 Å². The number of nitrogens with one attached hydrogen (secondary N) is 1. The highest BCUT2D eigenvalue weighted by atomic mass is 16.4. The van der Waals surface area contributed by atoms with Gasteiger partial charge in [-0.2, -0.15) is 0 Å². The summed E-state index contributed by atoms with van der Waals surface area (Å²) in [7, 11) is 0. The lowest BCUT2D eigenvalue weighted by Gasteiger charge is -2.27. The topological polar surface area (TPSA) is 92.4 Å². The molecule has 106 valence electrons. The highest BCUT2D eigenvalue weighted by Gasteiger charge is 2.32. The second-order valence-corrected chi connectivity index (χ2v) is 5.93. The van der Waals surface area contributed by atoms with Crippen LogP contribution >= 0.6 is 0 Å². The number of hydrogen-bond acceptors (Lipinski definition) is 3. The molecule has 0 aliphatic rings. The van der Waals surface area contributed by atoms with Gasteiger partial charge in [0.25, 0.3) is 0 Å². The van der Waals surface area contributed by atoms with Gasteiger partial charge in [0, 0.05) is 6.42 Å². The number of carbonyl (C=O) groups excluding carboxylic acids is 1. The molecule has 5 heteroatoms. The predicted molar refractivity (Wildman–Crippen MR) is 71.1 cm³/mol. The monoisotopic (exact) mass is 258 g/mol. The van der Waals surface area contributed by atoms with Gasteiger partial charge in [0.1, 0.15) is 6.04 Å². The lowest BCUT2D eigenvalue weighted by molar-refractivity contribution is -0.145. The SMILES string of the molecule is CC(CCN)CCC(=O)N[C@@H](C(=O)O)C(C)(C)C. The van der Waals surface area contributed by atoms with E-state index in [4.69, 9.17) is 10.8 Å². The van der Waals surface area contributed by atoms with Gasteiger partial charge in [-0.25, -0.2) is 4.79 Å². The summed E-state index contributed by atoms with van der Waals surface area (Å²) in [5.41, 5.74) is 4.94. The Bertz CT molecular complexity index is 284. The van der Waals surface area contributed by atoms with E-state index in [1.165, 1.54) is 0 Å². The number of amides is 1. The van der Waals surface area contributed by atoms with Crippen LogP contribution in [-0.4, -0.2) is 29.6 Å². The van der Waals surface area contributed by atoms with Crippen LogP contribution in [-0.2, 0) is 9.59 Å². The molecule has 4 N–H and O–H groups in total. The minimum atomic E-state index is -0.995. The third-order valence-corrected chi connectivity index (χ3v) is 2.94. The van der Waals surface area contributed by atoms with Gasteiger partial charge in [-0.15, -0.1) is 0 Å². The number of carbonyl (C=O) groups is 2. The summed E-state index contributed by atoms with van der Waals surface area (Å²) in [6.45, 7) is 8.04. The van der Waals surface area contributed by atoms with E-state index in [0.29, 0.717) is 18.9 Å². The average molecular weight is 258 g/mol. The minimum absolute atomic E-state index is 0.207. The molecule has 0 saturated carbocycles. The van der Waals surface area contributed by atoms with Crippen LogP contribution in [0, 0.1) is 11.3 Å². The fourth-order valence-corrected chi connectivity index (χ4v) is 1.69. The van der Waals surface area contributed by atoms with E-state index in [1.54, 1.807) is 20.8 Å². The summed E-state index contributed by atoms with van der Waals surface area (Å²) in [5, 5.41) is 11.7. The van der Waals surface area contributed by atoms with Crippen molar-refractivity contribution in [3.63, 3.8) is 0 Å². The van der Waals surface area contributed by atoms with Gasteiger partial charge < -0.3 is 16.2 Å². The third kappa shape index (κ3) is 6.59. The number of rotatable bonds is 7. The van der Waals surface area contributed by atoms with Gasteiger partial charge in [0.2, 0.25) is 5.91 Å². The maximum atomic E-state index is 11.7. The molecule has 1 unspecified atom stereocenters. The van der Waals surface area contributed by atoms with Crippen LogP contribution in [0.5, 0.6) is 0 Å². The zero-order valence-electron chi connectivity index (χ0n) is 11.8. The summed E-state index contributed by atoms with van der Waals surface area (Å²) in [4.78, 5) is 22.8. The number of hydrogen-bond donors (Lipinski definition) is 3. The lowest BCUT2D eigenvalue weighted by atomic mass is 9.86. The summed E-state index contributed by atoms with van der Waals surface area (Å²) >= 11 is 0. The van der Waals surface area contributed by atoms with E-state index in [2.05, 4.69) is 5.32 Å². The Hall–Kier alpha value is -1.10. The van der Waals surface area contributed by atoms with Crippen molar-refractivity contribution in [2.75, 3.05) is 6.54 Å². The summed E-state index contributed by atoms with van der Waals surface area (Å²) in [6.07, 6.45) is 1.97. The fraction of sp³-hybridized carbons (Fsp3) is 0.846. The second kappa shape index (κ2) is 7.36. The minimum Gasteiger partial charge on any atom is -0.480 e. The molecule has 0 saturated heterocycles. The molecule has 0 aromatic rings. The molecule has 0 bridgehead atoms. The first kappa shape index (κ1) is 16.9. The van der Waals surface area contributed by atoms with E-state index in [9.17, 15) is 9.59 Å². The standard InChI is InChI=1S/C13H26N2O3/c1-9(7-8-14)5-6-10(16)15-11(12(17)18)13(2,3)4/h9,11H,5-8,14H2,1-4H3,(H,15,16)(H,17,18)/t9?,11-/m0/s1. The average Bonchev–Trinajstić information content (AvgIpc) is 2.21. The van der Waals surface area contributed by atoms with Crippen molar-refractivity contribution in [1.82, 2.24) is 5.32 Å². The Morgan fingerprint density at radius 2 is 1.83 bits per heavy atom. The van der Waals surface area contributed by atoms with Crippen LogP contribution in [0.3, 0.4) is 0 Å². The molecular weight excluding hydrogens is 232 g/mol. The molecule has 5 nitrogen and oxygen atoms in total. The van der Waals surface area contributed by atoms with Gasteiger partial charge in [-0.3, -0.25) is 4.79 Å². The maximum Gasteiger partial charge on any atom is 0.326 e. The summed E-state index contributed by atoms with van der Waals surface area (Å²) in [5.74, 6) is -0.814. The first-order valence-corrected chi connectivity index (χ1v) is 6.40. The molecule has 0 heterocycles. The molecule has 1 amide bonds. The van der Waals surface area contributed by atoms with E-state index in [-0.39, 0.29) is 5.91 Å². The Morgan fingerprint density at radius 1 is 1.28 bits per heavy atom. The van der Waals surface area contributed by atoms with E-state index in [0.717, 1.165) is 12.8 Å². The largest absolute Gasteiger partial charge is 0.480 e. The van der Waals surface area contributed by atoms with Crippen LogP contribution < -0.4 is 11.1 Å². The van der Waals surface area contributed by atoms with Crippen LogP contribution in [0.4, 0.5) is 0 Å². The Morgan fingerprint density at radius 3 is 2.22 bits per heavy atom. The number of nitrogens with two attached hydrogens (primary N) is 1. The van der Waals surface area contributed by atoms with Crippen molar-refractivity contribution < 1.29 is 14.7 Å². The number of aliphatic carboxylic acids is 1. The van der Waals surface area contributed by atoms with E-state index >= 15 is 0 Å². The first-order valence-electron chi connectivity index (χ1n) is 6.40. The number of carboxylic acids is 1. The molecule has 0 fully saturated rings. The van der Waals surface area contributed by atoms with Gasteiger partial charge in [-0.05, 0) is 30.7 Å². The van der Waals surface area contributed by atoms with Crippen molar-refractivity contribution in [1.29, 1.82) is 0 Å². The third-order valence-electron chi connectivity index (χ3n) is 2.94. The van der Waals surface area contributed by atoms with E-state index in [1.807, 2.05) is 6.92 Å². The molecule has 18 heavy (non-hydrogen) atoms. The van der Waals surface area contributed by atoms with Crippen molar-refractivity contribution in [2.45, 2.75) is 53.0 Å². The van der Waals surface area contributed by atoms with Crippen molar-refractivity contribution in [3.8, 4) is 0 Å². The van der Waals surface area contributed by atoms with Crippen LogP contribution in [0.2, 0.25) is 0 Å². The van der Waals surface area contributed by atoms with Crippen LogP contribution in [0.25, 0.3) is 0 Å². The molecule has 0 radical (unpaired) electrons. The Labute approximate surface area is 109 Å². The van der Waals surface area contributed by atoms with Crippen LogP contribution in [0.15, 0.2) is 0 Å². The smallest absolute Gasteiger partial charge is 0.326 e. The highest BCUT2D eigenvalue weighted by molar-refractivity contribution is 5.84. The van der Waals surface area contributed by atoms with Crippen molar-refractivity contribution in [3.05, 3.63) is 0 Å². The normalized spacial score (nSPS) is 14.9. The van der Waals surface area contributed by atoms with Crippen molar-refractivity contribution in [2.24, 2.45) is 17.1 Å². The molecule has 0 aromatic heterocycles. The molecule has 0 spiro atoms. The van der Waals surface area contributed by atoms with Gasteiger partial charge in [-0.1, -0.05) is 27.7 Å². The zero-order valence-corrected chi connectivity index (χ0v) is 11.8. The fourth-order valence-electron chi connectivity index (χ4n) is 1.69. The zero-order chi connectivity index (χ0) is 14.3. The summed E-state index contributed by atoms with van der Waals surface area (Å²) < 4.78 is 0. The molecule has 0 aromatic carbocycles. The van der Waals surface area contributed by atoms with Gasteiger partial charge in [0.05, 0.1) is 0 Å². The molecule has 0 aliphatic heterocycles.